The van der Waals surface area contributed by atoms with E-state index in [0.29, 0.717) is 5.91 Å². The molecule has 4 heteroatoms. The number of quaternary nitrogens is 1. The van der Waals surface area contributed by atoms with Crippen LogP contribution < -0.4 is 4.90 Å². The topological polar surface area (TPSA) is 37.9 Å². The molecule has 2 aliphatic rings. The first-order chi connectivity index (χ1) is 10.3. The third kappa shape index (κ3) is 3.88. The Morgan fingerprint density at radius 1 is 1.24 bits per heavy atom. The number of likely N-dealkylation sites (tertiary alicyclic amines) is 2. The molecule has 4 nitrogen and oxygen atoms in total. The molecule has 2 saturated heterocycles. The van der Waals surface area contributed by atoms with Gasteiger partial charge >= 0.3 is 0 Å². The summed E-state index contributed by atoms with van der Waals surface area (Å²) in [5.74, 6) is 1.67. The Morgan fingerprint density at radius 3 is 2.76 bits per heavy atom. The van der Waals surface area contributed by atoms with E-state index in [-0.39, 0.29) is 5.92 Å². The molecule has 1 unspecified atom stereocenters. The Morgan fingerprint density at radius 2 is 2.05 bits per heavy atom. The Bertz CT molecular complexity index is 436. The van der Waals surface area contributed by atoms with Crippen molar-refractivity contribution in [3.05, 3.63) is 24.2 Å². The SMILES string of the molecule is O=C([C@@H]1CCC[NH+](Cc2ccco2)C1)N1CCCCCC1. The van der Waals surface area contributed by atoms with Crippen LogP contribution in [0, 0.1) is 5.92 Å². The maximum absolute atomic E-state index is 12.7. The summed E-state index contributed by atoms with van der Waals surface area (Å²) in [6, 6.07) is 3.98. The quantitative estimate of drug-likeness (QED) is 0.916. The summed E-state index contributed by atoms with van der Waals surface area (Å²) >= 11 is 0. The van der Waals surface area contributed by atoms with Crippen LogP contribution in [0.5, 0.6) is 0 Å². The molecule has 2 atom stereocenters. The van der Waals surface area contributed by atoms with Crippen LogP contribution in [0.4, 0.5) is 0 Å². The van der Waals surface area contributed by atoms with Crippen molar-refractivity contribution in [2.75, 3.05) is 26.2 Å². The average Bonchev–Trinajstić information content (AvgIpc) is 2.87. The first kappa shape index (κ1) is 14.6. The molecule has 1 aromatic rings. The number of nitrogens with one attached hydrogen (secondary N) is 1. The molecule has 0 saturated carbocycles. The number of hydrogen-bond acceptors (Lipinski definition) is 2. The second kappa shape index (κ2) is 7.12. The Balaban J connectivity index is 1.55. The highest BCUT2D eigenvalue weighted by Gasteiger charge is 2.32. The van der Waals surface area contributed by atoms with E-state index >= 15 is 0 Å². The maximum Gasteiger partial charge on any atom is 0.231 e. The molecule has 0 aliphatic carbocycles. The lowest BCUT2D eigenvalue weighted by molar-refractivity contribution is -0.922. The van der Waals surface area contributed by atoms with Crippen molar-refractivity contribution in [3.8, 4) is 0 Å². The molecule has 3 heterocycles. The van der Waals surface area contributed by atoms with Crippen LogP contribution >= 0.6 is 0 Å². The normalized spacial score (nSPS) is 27.3. The predicted molar refractivity (Wildman–Crippen MR) is 80.9 cm³/mol. The zero-order valence-corrected chi connectivity index (χ0v) is 12.9. The van der Waals surface area contributed by atoms with Gasteiger partial charge in [-0.15, -0.1) is 0 Å². The predicted octanol–water partition coefficient (Wildman–Crippen LogP) is 1.48. The molecule has 21 heavy (non-hydrogen) atoms. The number of nitrogens with zero attached hydrogens (tertiary/aromatic N) is 1. The molecular weight excluding hydrogens is 264 g/mol. The minimum atomic E-state index is 0.224. The first-order valence-corrected chi connectivity index (χ1v) is 8.47. The van der Waals surface area contributed by atoms with Crippen molar-refractivity contribution in [1.82, 2.24) is 4.90 Å². The number of carbonyl (C=O) groups is 1. The second-order valence-electron chi connectivity index (χ2n) is 6.54. The van der Waals surface area contributed by atoms with Crippen LogP contribution in [0.2, 0.25) is 0 Å². The highest BCUT2D eigenvalue weighted by atomic mass is 16.3. The first-order valence-electron chi connectivity index (χ1n) is 8.47. The van der Waals surface area contributed by atoms with Crippen molar-refractivity contribution in [1.29, 1.82) is 0 Å². The minimum Gasteiger partial charge on any atom is -0.463 e. The lowest BCUT2D eigenvalue weighted by Crippen LogP contribution is -3.12. The standard InChI is InChI=1S/C17H26N2O2/c20-17(19-10-3-1-2-4-11-19)15-7-5-9-18(13-15)14-16-8-6-12-21-16/h6,8,12,15H,1-5,7,9-11,13-14H2/p+1/t15-/m1/s1. The number of rotatable bonds is 3. The summed E-state index contributed by atoms with van der Waals surface area (Å²) in [6.45, 7) is 4.99. The summed E-state index contributed by atoms with van der Waals surface area (Å²) in [4.78, 5) is 16.4. The molecule has 0 aromatic carbocycles. The molecule has 1 amide bonds. The Hall–Kier alpha value is -1.29. The highest BCUT2D eigenvalue weighted by molar-refractivity contribution is 5.79. The third-order valence-electron chi connectivity index (χ3n) is 4.89. The van der Waals surface area contributed by atoms with Crippen molar-refractivity contribution in [2.45, 2.75) is 45.1 Å². The van der Waals surface area contributed by atoms with E-state index in [4.69, 9.17) is 4.42 Å². The van der Waals surface area contributed by atoms with Gasteiger partial charge in [0.25, 0.3) is 0 Å². The molecule has 0 spiro atoms. The van der Waals surface area contributed by atoms with Gasteiger partial charge in [0.1, 0.15) is 6.54 Å². The second-order valence-corrected chi connectivity index (χ2v) is 6.54. The molecule has 0 radical (unpaired) electrons. The molecule has 3 rings (SSSR count). The van der Waals surface area contributed by atoms with Gasteiger partial charge in [-0.2, -0.15) is 0 Å². The molecule has 0 bridgehead atoms. The van der Waals surface area contributed by atoms with Gasteiger partial charge in [0.05, 0.1) is 25.3 Å². The van der Waals surface area contributed by atoms with Gasteiger partial charge in [-0.1, -0.05) is 12.8 Å². The van der Waals surface area contributed by atoms with E-state index in [9.17, 15) is 4.79 Å². The van der Waals surface area contributed by atoms with Crippen molar-refractivity contribution in [3.63, 3.8) is 0 Å². The molecule has 1 N–H and O–H groups in total. The van der Waals surface area contributed by atoms with Gasteiger partial charge < -0.3 is 14.2 Å². The van der Waals surface area contributed by atoms with Crippen molar-refractivity contribution >= 4 is 5.91 Å². The Labute approximate surface area is 127 Å². The lowest BCUT2D eigenvalue weighted by atomic mass is 9.96. The van der Waals surface area contributed by atoms with Crippen LogP contribution in [0.1, 0.15) is 44.3 Å². The summed E-state index contributed by atoms with van der Waals surface area (Å²) in [7, 11) is 0. The zero-order valence-electron chi connectivity index (χ0n) is 12.9. The fraction of sp³-hybridized carbons (Fsp3) is 0.706. The highest BCUT2D eigenvalue weighted by Crippen LogP contribution is 2.16. The van der Waals surface area contributed by atoms with Gasteiger partial charge in [-0.05, 0) is 37.8 Å². The molecule has 2 aliphatic heterocycles. The summed E-state index contributed by atoms with van der Waals surface area (Å²) in [5.41, 5.74) is 0. The van der Waals surface area contributed by atoms with E-state index in [2.05, 4.69) is 4.90 Å². The van der Waals surface area contributed by atoms with E-state index in [1.54, 1.807) is 6.26 Å². The van der Waals surface area contributed by atoms with Gasteiger partial charge in [-0.3, -0.25) is 4.79 Å². The summed E-state index contributed by atoms with van der Waals surface area (Å²) in [6.07, 6.45) is 8.88. The van der Waals surface area contributed by atoms with E-state index in [1.807, 2.05) is 12.1 Å². The minimum absolute atomic E-state index is 0.224. The third-order valence-corrected chi connectivity index (χ3v) is 4.89. The van der Waals surface area contributed by atoms with Crippen LogP contribution in [-0.2, 0) is 11.3 Å². The maximum atomic E-state index is 12.7. The van der Waals surface area contributed by atoms with Crippen molar-refractivity contribution in [2.24, 2.45) is 5.92 Å². The lowest BCUT2D eigenvalue weighted by Gasteiger charge is -2.32. The smallest absolute Gasteiger partial charge is 0.231 e. The number of amides is 1. The van der Waals surface area contributed by atoms with Gasteiger partial charge in [0.2, 0.25) is 5.91 Å². The largest absolute Gasteiger partial charge is 0.463 e. The van der Waals surface area contributed by atoms with Crippen molar-refractivity contribution < 1.29 is 14.1 Å². The average molecular weight is 291 g/mol. The van der Waals surface area contributed by atoms with Crippen LogP contribution in [0.25, 0.3) is 0 Å². The number of piperidine rings is 1. The fourth-order valence-corrected chi connectivity index (χ4v) is 3.73. The van der Waals surface area contributed by atoms with Gasteiger partial charge in [-0.25, -0.2) is 0 Å². The van der Waals surface area contributed by atoms with E-state index in [0.717, 1.165) is 51.3 Å². The number of carbonyl (C=O) groups excluding carboxylic acids is 1. The summed E-state index contributed by atoms with van der Waals surface area (Å²) in [5, 5.41) is 0. The summed E-state index contributed by atoms with van der Waals surface area (Å²) < 4.78 is 5.45. The van der Waals surface area contributed by atoms with Gasteiger partial charge in [0.15, 0.2) is 5.76 Å². The van der Waals surface area contributed by atoms with Crippen LogP contribution in [0.3, 0.4) is 0 Å². The Kier molecular flexibility index (Phi) is 4.96. The van der Waals surface area contributed by atoms with Crippen LogP contribution in [0.15, 0.2) is 22.8 Å². The van der Waals surface area contributed by atoms with Crippen LogP contribution in [-0.4, -0.2) is 37.0 Å². The zero-order chi connectivity index (χ0) is 14.5. The monoisotopic (exact) mass is 291 g/mol. The van der Waals surface area contributed by atoms with E-state index in [1.165, 1.54) is 30.6 Å². The van der Waals surface area contributed by atoms with E-state index < -0.39 is 0 Å². The number of hydrogen-bond donors (Lipinski definition) is 1. The fourth-order valence-electron chi connectivity index (χ4n) is 3.73. The number of furan rings is 1. The molecule has 116 valence electrons. The van der Waals surface area contributed by atoms with Gasteiger partial charge in [0, 0.05) is 13.1 Å². The molecular formula is C17H27N2O2+. The molecule has 1 aromatic heterocycles. The molecule has 2 fully saturated rings.